The molecule has 0 amide bonds. The largest absolute Gasteiger partial charge is 0.496 e. The first kappa shape index (κ1) is 13.4. The number of methoxy groups -OCH3 is 1. The predicted molar refractivity (Wildman–Crippen MR) is 75.1 cm³/mol. The van der Waals surface area contributed by atoms with Crippen LogP contribution >= 0.6 is 0 Å². The van der Waals surface area contributed by atoms with Crippen molar-refractivity contribution in [3.05, 3.63) is 29.3 Å². The van der Waals surface area contributed by atoms with Gasteiger partial charge in [-0.05, 0) is 57.0 Å². The third-order valence-electron chi connectivity index (χ3n) is 3.81. The van der Waals surface area contributed by atoms with Crippen LogP contribution in [0.3, 0.4) is 0 Å². The number of nitrogens with two attached hydrogens (primary N) is 1. The van der Waals surface area contributed by atoms with E-state index < -0.39 is 0 Å². The predicted octanol–water partition coefficient (Wildman–Crippen LogP) is 1.97. The molecule has 3 nitrogen and oxygen atoms in total. The van der Waals surface area contributed by atoms with Crippen LogP contribution in [0.25, 0.3) is 0 Å². The van der Waals surface area contributed by atoms with Crippen molar-refractivity contribution in [3.8, 4) is 5.75 Å². The molecule has 3 heteroatoms. The van der Waals surface area contributed by atoms with Crippen molar-refractivity contribution in [1.82, 2.24) is 4.90 Å². The molecule has 1 fully saturated rings. The third-order valence-corrected chi connectivity index (χ3v) is 3.81. The summed E-state index contributed by atoms with van der Waals surface area (Å²) in [6.07, 6.45) is 3.26. The molecule has 1 aromatic carbocycles. The number of benzene rings is 1. The van der Waals surface area contributed by atoms with Crippen molar-refractivity contribution in [2.24, 2.45) is 5.73 Å². The van der Waals surface area contributed by atoms with E-state index in [1.165, 1.54) is 24.1 Å². The zero-order valence-electron chi connectivity index (χ0n) is 11.7. The van der Waals surface area contributed by atoms with E-state index in [9.17, 15) is 0 Å². The van der Waals surface area contributed by atoms with Crippen LogP contribution in [-0.4, -0.2) is 37.7 Å². The van der Waals surface area contributed by atoms with E-state index in [2.05, 4.69) is 31.0 Å². The number of ether oxygens (including phenoxy) is 1. The molecule has 1 unspecified atom stereocenters. The highest BCUT2D eigenvalue weighted by atomic mass is 16.5. The molecule has 18 heavy (non-hydrogen) atoms. The number of nitrogens with zero attached hydrogens (tertiary/aromatic N) is 1. The third kappa shape index (κ3) is 3.03. The Bertz CT molecular complexity index is 419. The fraction of sp³-hybridized carbons (Fsp3) is 0.600. The van der Waals surface area contributed by atoms with Crippen LogP contribution in [0.15, 0.2) is 18.2 Å². The molecule has 0 spiro atoms. The minimum Gasteiger partial charge on any atom is -0.496 e. The zero-order chi connectivity index (χ0) is 13.2. The number of hydrogen-bond donors (Lipinski definition) is 1. The van der Waals surface area contributed by atoms with Crippen LogP contribution in [0, 0.1) is 6.92 Å². The van der Waals surface area contributed by atoms with Gasteiger partial charge < -0.3 is 15.4 Å². The van der Waals surface area contributed by atoms with E-state index in [1.54, 1.807) is 7.11 Å². The van der Waals surface area contributed by atoms with Crippen LogP contribution in [0.4, 0.5) is 0 Å². The first-order valence-electron chi connectivity index (χ1n) is 6.63. The summed E-state index contributed by atoms with van der Waals surface area (Å²) in [5, 5.41) is 0. The van der Waals surface area contributed by atoms with Crippen molar-refractivity contribution >= 4 is 0 Å². The Morgan fingerprint density at radius 1 is 1.44 bits per heavy atom. The highest BCUT2D eigenvalue weighted by Crippen LogP contribution is 2.25. The van der Waals surface area contributed by atoms with Crippen molar-refractivity contribution < 1.29 is 4.74 Å². The molecule has 0 bridgehead atoms. The molecular formula is C15H24N2O. The topological polar surface area (TPSA) is 38.5 Å². The number of likely N-dealkylation sites (N-methyl/N-ethyl adjacent to an activating group) is 1. The van der Waals surface area contributed by atoms with Gasteiger partial charge >= 0.3 is 0 Å². The van der Waals surface area contributed by atoms with Gasteiger partial charge in [-0.3, -0.25) is 0 Å². The number of rotatable bonds is 3. The monoisotopic (exact) mass is 248 g/mol. The normalized spacial score (nSPS) is 25.1. The molecule has 0 radical (unpaired) electrons. The second-order valence-electron chi connectivity index (χ2n) is 5.68. The first-order valence-corrected chi connectivity index (χ1v) is 6.63. The zero-order valence-corrected chi connectivity index (χ0v) is 11.7. The van der Waals surface area contributed by atoms with Crippen molar-refractivity contribution in [2.75, 3.05) is 27.2 Å². The highest BCUT2D eigenvalue weighted by Gasteiger charge is 2.30. The molecular weight excluding hydrogens is 224 g/mol. The van der Waals surface area contributed by atoms with E-state index in [0.29, 0.717) is 0 Å². The minimum atomic E-state index is -0.0754. The molecule has 0 saturated carbocycles. The van der Waals surface area contributed by atoms with Gasteiger partial charge in [0.05, 0.1) is 7.11 Å². The summed E-state index contributed by atoms with van der Waals surface area (Å²) < 4.78 is 5.29. The lowest BCUT2D eigenvalue weighted by Gasteiger charge is -2.38. The number of likely N-dealkylation sites (tertiary alicyclic amines) is 1. The van der Waals surface area contributed by atoms with Crippen molar-refractivity contribution in [2.45, 2.75) is 31.7 Å². The van der Waals surface area contributed by atoms with Gasteiger partial charge in [-0.1, -0.05) is 12.1 Å². The van der Waals surface area contributed by atoms with Crippen LogP contribution in [0.1, 0.15) is 24.0 Å². The fourth-order valence-corrected chi connectivity index (χ4v) is 3.00. The van der Waals surface area contributed by atoms with Gasteiger partial charge in [0.1, 0.15) is 5.75 Å². The fourth-order valence-electron chi connectivity index (χ4n) is 3.00. The number of aryl methyl sites for hydroxylation is 1. The maximum absolute atomic E-state index is 6.53. The van der Waals surface area contributed by atoms with E-state index in [-0.39, 0.29) is 5.54 Å². The second-order valence-corrected chi connectivity index (χ2v) is 5.68. The molecule has 1 heterocycles. The molecule has 0 aliphatic carbocycles. The average molecular weight is 248 g/mol. The summed E-state index contributed by atoms with van der Waals surface area (Å²) in [6.45, 7) is 4.23. The van der Waals surface area contributed by atoms with Crippen molar-refractivity contribution in [3.63, 3.8) is 0 Å². The summed E-state index contributed by atoms with van der Waals surface area (Å²) in [5.41, 5.74) is 8.95. The van der Waals surface area contributed by atoms with Gasteiger partial charge in [0.15, 0.2) is 0 Å². The number of piperidine rings is 1. The smallest absolute Gasteiger partial charge is 0.121 e. The number of hydrogen-bond acceptors (Lipinski definition) is 3. The SMILES string of the molecule is COc1ccc(CC2(N)CCCN(C)C2)cc1C. The lowest BCUT2D eigenvalue weighted by atomic mass is 9.84. The Morgan fingerprint density at radius 3 is 2.83 bits per heavy atom. The maximum atomic E-state index is 6.53. The molecule has 1 saturated heterocycles. The Hall–Kier alpha value is -1.06. The minimum absolute atomic E-state index is 0.0754. The second kappa shape index (κ2) is 5.29. The van der Waals surface area contributed by atoms with Gasteiger partial charge in [0.25, 0.3) is 0 Å². The molecule has 100 valence electrons. The van der Waals surface area contributed by atoms with Gasteiger partial charge in [-0.15, -0.1) is 0 Å². The van der Waals surface area contributed by atoms with E-state index in [1.807, 2.05) is 6.07 Å². The maximum Gasteiger partial charge on any atom is 0.121 e. The molecule has 0 aromatic heterocycles. The summed E-state index contributed by atoms with van der Waals surface area (Å²) in [5.74, 6) is 0.950. The van der Waals surface area contributed by atoms with Gasteiger partial charge in [-0.25, -0.2) is 0 Å². The summed E-state index contributed by atoms with van der Waals surface area (Å²) in [4.78, 5) is 2.33. The molecule has 2 N–H and O–H groups in total. The van der Waals surface area contributed by atoms with Crippen LogP contribution in [-0.2, 0) is 6.42 Å². The van der Waals surface area contributed by atoms with Crippen LogP contribution < -0.4 is 10.5 Å². The molecule has 2 rings (SSSR count). The molecule has 1 atom stereocenters. The summed E-state index contributed by atoms with van der Waals surface area (Å²) in [6, 6.07) is 6.37. The van der Waals surface area contributed by atoms with Gasteiger partial charge in [-0.2, -0.15) is 0 Å². The standard InChI is InChI=1S/C15H24N2O/c1-12-9-13(5-6-14(12)18-3)10-15(16)7-4-8-17(2)11-15/h5-6,9H,4,7-8,10-11,16H2,1-3H3. The lowest BCUT2D eigenvalue weighted by molar-refractivity contribution is 0.178. The van der Waals surface area contributed by atoms with Gasteiger partial charge in [0, 0.05) is 12.1 Å². The molecule has 1 aliphatic rings. The highest BCUT2D eigenvalue weighted by molar-refractivity contribution is 5.36. The Morgan fingerprint density at radius 2 is 2.22 bits per heavy atom. The van der Waals surface area contributed by atoms with Crippen molar-refractivity contribution in [1.29, 1.82) is 0 Å². The Kier molecular flexibility index (Phi) is 3.93. The lowest BCUT2D eigenvalue weighted by Crippen LogP contribution is -2.54. The average Bonchev–Trinajstić information content (AvgIpc) is 2.28. The van der Waals surface area contributed by atoms with Crippen LogP contribution in [0.5, 0.6) is 5.75 Å². The van der Waals surface area contributed by atoms with E-state index >= 15 is 0 Å². The molecule has 1 aliphatic heterocycles. The first-order chi connectivity index (χ1) is 8.52. The molecule has 1 aromatic rings. The Labute approximate surface area is 110 Å². The van der Waals surface area contributed by atoms with Crippen LogP contribution in [0.2, 0.25) is 0 Å². The quantitative estimate of drug-likeness (QED) is 0.889. The van der Waals surface area contributed by atoms with E-state index in [4.69, 9.17) is 10.5 Å². The summed E-state index contributed by atoms with van der Waals surface area (Å²) >= 11 is 0. The Balaban J connectivity index is 2.11. The van der Waals surface area contributed by atoms with Gasteiger partial charge in [0.2, 0.25) is 0 Å². The summed E-state index contributed by atoms with van der Waals surface area (Å²) in [7, 11) is 3.86. The van der Waals surface area contributed by atoms with E-state index in [0.717, 1.165) is 25.1 Å².